The molecule has 1 saturated carbocycles. The van der Waals surface area contributed by atoms with Gasteiger partial charge in [-0.1, -0.05) is 24.3 Å². The van der Waals surface area contributed by atoms with Gasteiger partial charge in [0.15, 0.2) is 0 Å². The maximum Gasteiger partial charge on any atom is 0.0619 e. The van der Waals surface area contributed by atoms with Gasteiger partial charge in [0.1, 0.15) is 0 Å². The van der Waals surface area contributed by atoms with E-state index in [9.17, 15) is 0 Å². The summed E-state index contributed by atoms with van der Waals surface area (Å²) in [6.45, 7) is 7.08. The van der Waals surface area contributed by atoms with Crippen LogP contribution in [0.25, 0.3) is 0 Å². The lowest BCUT2D eigenvalue weighted by Gasteiger charge is -2.33. The smallest absolute Gasteiger partial charge is 0.0619 e. The van der Waals surface area contributed by atoms with E-state index < -0.39 is 0 Å². The van der Waals surface area contributed by atoms with E-state index >= 15 is 0 Å². The second-order valence-corrected chi connectivity index (χ2v) is 5.87. The molecule has 1 N–H and O–H groups in total. The molecule has 1 aliphatic heterocycles. The summed E-state index contributed by atoms with van der Waals surface area (Å²) in [6.07, 6.45) is 2.71. The van der Waals surface area contributed by atoms with E-state index in [2.05, 4.69) is 41.4 Å². The van der Waals surface area contributed by atoms with Gasteiger partial charge in [-0.2, -0.15) is 0 Å². The van der Waals surface area contributed by atoms with Gasteiger partial charge >= 0.3 is 0 Å². The van der Waals surface area contributed by atoms with Crippen LogP contribution in [-0.4, -0.2) is 36.7 Å². The number of rotatable bonds is 5. The average molecular weight is 260 g/mol. The number of hydrogen-bond donors (Lipinski definition) is 1. The van der Waals surface area contributed by atoms with Gasteiger partial charge in [0.2, 0.25) is 0 Å². The van der Waals surface area contributed by atoms with Crippen molar-refractivity contribution in [2.75, 3.05) is 19.8 Å². The summed E-state index contributed by atoms with van der Waals surface area (Å²) in [6, 6.07) is 10.4. The SMILES string of the molecule is CC1COCCN1Cc1ccc(CNC2CC2)cc1. The average Bonchev–Trinajstić information content (AvgIpc) is 3.25. The fraction of sp³-hybridized carbons (Fsp3) is 0.625. The molecule has 1 atom stereocenters. The van der Waals surface area contributed by atoms with E-state index in [-0.39, 0.29) is 0 Å². The molecule has 1 heterocycles. The minimum atomic E-state index is 0.532. The topological polar surface area (TPSA) is 24.5 Å². The molecular formula is C16H24N2O. The van der Waals surface area contributed by atoms with Crippen molar-refractivity contribution in [2.45, 2.75) is 44.9 Å². The van der Waals surface area contributed by atoms with Gasteiger partial charge in [-0.15, -0.1) is 0 Å². The van der Waals surface area contributed by atoms with Crippen LogP contribution >= 0.6 is 0 Å². The number of morpholine rings is 1. The van der Waals surface area contributed by atoms with Crippen molar-refractivity contribution in [1.82, 2.24) is 10.2 Å². The standard InChI is InChI=1S/C16H24N2O/c1-13-12-19-9-8-18(13)11-15-4-2-14(3-5-15)10-17-16-6-7-16/h2-5,13,16-17H,6-12H2,1H3. The van der Waals surface area contributed by atoms with Crippen molar-refractivity contribution in [1.29, 1.82) is 0 Å². The van der Waals surface area contributed by atoms with Crippen LogP contribution in [0.1, 0.15) is 30.9 Å². The summed E-state index contributed by atoms with van der Waals surface area (Å²) >= 11 is 0. The minimum Gasteiger partial charge on any atom is -0.379 e. The van der Waals surface area contributed by atoms with Gasteiger partial charge in [-0.05, 0) is 30.9 Å². The predicted molar refractivity (Wildman–Crippen MR) is 77.0 cm³/mol. The number of nitrogens with one attached hydrogen (secondary N) is 1. The summed E-state index contributed by atoms with van der Waals surface area (Å²) in [5, 5.41) is 3.55. The van der Waals surface area contributed by atoms with Gasteiger partial charge in [0, 0.05) is 31.7 Å². The largest absolute Gasteiger partial charge is 0.379 e. The van der Waals surface area contributed by atoms with Gasteiger partial charge in [-0.25, -0.2) is 0 Å². The Hall–Kier alpha value is -0.900. The highest BCUT2D eigenvalue weighted by molar-refractivity contribution is 5.22. The molecule has 0 amide bonds. The van der Waals surface area contributed by atoms with Crippen molar-refractivity contribution in [3.05, 3.63) is 35.4 Å². The fourth-order valence-corrected chi connectivity index (χ4v) is 2.54. The zero-order valence-corrected chi connectivity index (χ0v) is 11.8. The van der Waals surface area contributed by atoms with Crippen LogP contribution in [0, 0.1) is 0 Å². The Labute approximate surface area is 115 Å². The first kappa shape index (κ1) is 13.1. The Morgan fingerprint density at radius 3 is 2.63 bits per heavy atom. The van der Waals surface area contributed by atoms with Crippen molar-refractivity contribution < 1.29 is 4.74 Å². The van der Waals surface area contributed by atoms with Gasteiger partial charge in [-0.3, -0.25) is 4.90 Å². The summed E-state index contributed by atoms with van der Waals surface area (Å²) < 4.78 is 5.48. The van der Waals surface area contributed by atoms with E-state index in [4.69, 9.17) is 4.74 Å². The molecule has 3 rings (SSSR count). The third kappa shape index (κ3) is 3.78. The van der Waals surface area contributed by atoms with Crippen molar-refractivity contribution >= 4 is 0 Å². The highest BCUT2D eigenvalue weighted by Crippen LogP contribution is 2.19. The van der Waals surface area contributed by atoms with Crippen LogP contribution in [0.3, 0.4) is 0 Å². The molecule has 1 unspecified atom stereocenters. The summed E-state index contributed by atoms with van der Waals surface area (Å²) in [5.41, 5.74) is 2.80. The first-order chi connectivity index (χ1) is 9.31. The normalized spacial score (nSPS) is 24.6. The zero-order chi connectivity index (χ0) is 13.1. The van der Waals surface area contributed by atoms with E-state index in [0.717, 1.165) is 38.9 Å². The number of nitrogens with zero attached hydrogens (tertiary/aromatic N) is 1. The number of hydrogen-bond acceptors (Lipinski definition) is 3. The van der Waals surface area contributed by atoms with Crippen LogP contribution in [-0.2, 0) is 17.8 Å². The lowest BCUT2D eigenvalue weighted by molar-refractivity contribution is -0.00437. The van der Waals surface area contributed by atoms with Crippen molar-refractivity contribution in [3.8, 4) is 0 Å². The highest BCUT2D eigenvalue weighted by Gasteiger charge is 2.20. The van der Waals surface area contributed by atoms with E-state index in [1.165, 1.54) is 24.0 Å². The Kier molecular flexibility index (Phi) is 4.16. The molecule has 1 saturated heterocycles. The second kappa shape index (κ2) is 6.04. The Morgan fingerprint density at radius 1 is 1.21 bits per heavy atom. The molecule has 19 heavy (non-hydrogen) atoms. The van der Waals surface area contributed by atoms with Crippen LogP contribution in [0.4, 0.5) is 0 Å². The molecule has 3 nitrogen and oxygen atoms in total. The molecule has 104 valence electrons. The molecule has 0 radical (unpaired) electrons. The van der Waals surface area contributed by atoms with Crippen LogP contribution in [0.2, 0.25) is 0 Å². The molecule has 1 aromatic carbocycles. The Balaban J connectivity index is 1.52. The van der Waals surface area contributed by atoms with Crippen LogP contribution < -0.4 is 5.32 Å². The lowest BCUT2D eigenvalue weighted by atomic mass is 10.1. The summed E-state index contributed by atoms with van der Waals surface area (Å²) in [4.78, 5) is 2.50. The maximum absolute atomic E-state index is 5.48. The fourth-order valence-electron chi connectivity index (χ4n) is 2.54. The van der Waals surface area contributed by atoms with Crippen molar-refractivity contribution in [3.63, 3.8) is 0 Å². The van der Waals surface area contributed by atoms with Crippen molar-refractivity contribution in [2.24, 2.45) is 0 Å². The first-order valence-electron chi connectivity index (χ1n) is 7.44. The molecule has 2 aliphatic rings. The third-order valence-electron chi connectivity index (χ3n) is 4.09. The highest BCUT2D eigenvalue weighted by atomic mass is 16.5. The molecule has 0 aromatic heterocycles. The minimum absolute atomic E-state index is 0.532. The number of benzene rings is 1. The predicted octanol–water partition coefficient (Wildman–Crippen LogP) is 2.16. The monoisotopic (exact) mass is 260 g/mol. The number of ether oxygens (including phenoxy) is 1. The zero-order valence-electron chi connectivity index (χ0n) is 11.8. The molecule has 1 aliphatic carbocycles. The molecule has 0 bridgehead atoms. The Bertz CT molecular complexity index is 400. The molecule has 0 spiro atoms. The van der Waals surface area contributed by atoms with E-state index in [0.29, 0.717) is 6.04 Å². The van der Waals surface area contributed by atoms with Crippen LogP contribution in [0.15, 0.2) is 24.3 Å². The Morgan fingerprint density at radius 2 is 1.95 bits per heavy atom. The third-order valence-corrected chi connectivity index (χ3v) is 4.09. The first-order valence-corrected chi connectivity index (χ1v) is 7.44. The van der Waals surface area contributed by atoms with E-state index in [1.807, 2.05) is 0 Å². The van der Waals surface area contributed by atoms with Gasteiger partial charge in [0.25, 0.3) is 0 Å². The second-order valence-electron chi connectivity index (χ2n) is 5.87. The lowest BCUT2D eigenvalue weighted by Crippen LogP contribution is -2.42. The van der Waals surface area contributed by atoms with Gasteiger partial charge in [0.05, 0.1) is 13.2 Å². The van der Waals surface area contributed by atoms with E-state index in [1.54, 1.807) is 0 Å². The quantitative estimate of drug-likeness (QED) is 0.878. The van der Waals surface area contributed by atoms with Crippen LogP contribution in [0.5, 0.6) is 0 Å². The summed E-state index contributed by atoms with van der Waals surface area (Å²) in [7, 11) is 0. The summed E-state index contributed by atoms with van der Waals surface area (Å²) in [5.74, 6) is 0. The molecule has 1 aromatic rings. The van der Waals surface area contributed by atoms with Gasteiger partial charge < -0.3 is 10.1 Å². The molecule has 3 heteroatoms. The maximum atomic E-state index is 5.48. The molecule has 2 fully saturated rings. The molecular weight excluding hydrogens is 236 g/mol.